The highest BCUT2D eigenvalue weighted by Crippen LogP contribution is 2.15. The average Bonchev–Trinajstić information content (AvgIpc) is 2.48. The van der Waals surface area contributed by atoms with Gasteiger partial charge >= 0.3 is 0 Å². The summed E-state index contributed by atoms with van der Waals surface area (Å²) in [7, 11) is 0. The molecule has 0 aliphatic heterocycles. The first-order chi connectivity index (χ1) is 10.1. The van der Waals surface area contributed by atoms with Crippen LogP contribution in [0.15, 0.2) is 48.5 Å². The fourth-order valence-electron chi connectivity index (χ4n) is 1.87. The van der Waals surface area contributed by atoms with E-state index in [1.807, 2.05) is 49.4 Å². The Hall–Kier alpha value is -2.00. The predicted octanol–water partition coefficient (Wildman–Crippen LogP) is 3.39. The molecule has 0 aliphatic carbocycles. The third kappa shape index (κ3) is 5.12. The van der Waals surface area contributed by atoms with Crippen LogP contribution < -0.4 is 10.1 Å². The molecule has 0 fully saturated rings. The molecular weight excluding hydrogens is 286 g/mol. The van der Waals surface area contributed by atoms with Crippen molar-refractivity contribution in [3.63, 3.8) is 0 Å². The molecule has 0 atom stereocenters. The number of aryl methyl sites for hydroxylation is 1. The van der Waals surface area contributed by atoms with Crippen LogP contribution in [0.2, 0.25) is 5.02 Å². The van der Waals surface area contributed by atoms with E-state index in [1.165, 1.54) is 5.56 Å². The molecular formula is C17H18ClNO2. The number of hydrogen-bond acceptors (Lipinski definition) is 2. The van der Waals surface area contributed by atoms with Gasteiger partial charge < -0.3 is 10.1 Å². The van der Waals surface area contributed by atoms with E-state index in [2.05, 4.69) is 5.32 Å². The summed E-state index contributed by atoms with van der Waals surface area (Å²) in [4.78, 5) is 11.8. The predicted molar refractivity (Wildman–Crippen MR) is 84.8 cm³/mol. The van der Waals surface area contributed by atoms with Crippen LogP contribution in [-0.4, -0.2) is 19.1 Å². The Morgan fingerprint density at radius 1 is 1.14 bits per heavy atom. The molecule has 3 nitrogen and oxygen atoms in total. The number of benzene rings is 2. The number of rotatable bonds is 6. The monoisotopic (exact) mass is 303 g/mol. The van der Waals surface area contributed by atoms with E-state index >= 15 is 0 Å². The summed E-state index contributed by atoms with van der Waals surface area (Å²) in [5, 5.41) is 3.43. The standard InChI is InChI=1S/C17H18ClNO2/c1-13-6-8-15(9-7-13)21-11-10-19-17(20)12-14-4-2-3-5-16(14)18/h2-9H,10-12H2,1H3,(H,19,20). The smallest absolute Gasteiger partial charge is 0.224 e. The van der Waals surface area contributed by atoms with Gasteiger partial charge in [0.05, 0.1) is 13.0 Å². The van der Waals surface area contributed by atoms with Crippen molar-refractivity contribution in [2.24, 2.45) is 0 Å². The highest BCUT2D eigenvalue weighted by atomic mass is 35.5. The van der Waals surface area contributed by atoms with Gasteiger partial charge in [-0.3, -0.25) is 4.79 Å². The van der Waals surface area contributed by atoms with E-state index in [1.54, 1.807) is 6.07 Å². The van der Waals surface area contributed by atoms with Gasteiger partial charge in [-0.25, -0.2) is 0 Å². The zero-order chi connectivity index (χ0) is 15.1. The van der Waals surface area contributed by atoms with Gasteiger partial charge in [-0.05, 0) is 30.7 Å². The molecule has 110 valence electrons. The molecule has 2 rings (SSSR count). The van der Waals surface area contributed by atoms with E-state index in [9.17, 15) is 4.79 Å². The zero-order valence-corrected chi connectivity index (χ0v) is 12.7. The van der Waals surface area contributed by atoms with Crippen molar-refractivity contribution in [1.29, 1.82) is 0 Å². The first-order valence-electron chi connectivity index (χ1n) is 6.85. The van der Waals surface area contributed by atoms with Gasteiger partial charge in [0.15, 0.2) is 0 Å². The second kappa shape index (κ2) is 7.70. The summed E-state index contributed by atoms with van der Waals surface area (Å²) in [6.45, 7) is 2.94. The Morgan fingerprint density at radius 2 is 1.86 bits per heavy atom. The van der Waals surface area contributed by atoms with E-state index in [0.717, 1.165) is 11.3 Å². The van der Waals surface area contributed by atoms with Crippen LogP contribution in [0.5, 0.6) is 5.75 Å². The van der Waals surface area contributed by atoms with Crippen molar-refractivity contribution < 1.29 is 9.53 Å². The highest BCUT2D eigenvalue weighted by Gasteiger charge is 2.05. The third-order valence-corrected chi connectivity index (χ3v) is 3.39. The van der Waals surface area contributed by atoms with Crippen molar-refractivity contribution in [2.45, 2.75) is 13.3 Å². The molecule has 0 aliphatic rings. The number of ether oxygens (including phenoxy) is 1. The lowest BCUT2D eigenvalue weighted by atomic mass is 10.1. The van der Waals surface area contributed by atoms with Crippen LogP contribution in [0.3, 0.4) is 0 Å². The summed E-state index contributed by atoms with van der Waals surface area (Å²) in [5.74, 6) is 0.747. The number of carbonyl (C=O) groups excluding carboxylic acids is 1. The number of amides is 1. The van der Waals surface area contributed by atoms with E-state index < -0.39 is 0 Å². The quantitative estimate of drug-likeness (QED) is 0.831. The minimum absolute atomic E-state index is 0.0596. The van der Waals surface area contributed by atoms with Crippen molar-refractivity contribution in [3.05, 3.63) is 64.7 Å². The van der Waals surface area contributed by atoms with Gasteiger partial charge in [-0.1, -0.05) is 47.5 Å². The zero-order valence-electron chi connectivity index (χ0n) is 11.9. The molecule has 2 aromatic carbocycles. The first-order valence-corrected chi connectivity index (χ1v) is 7.22. The highest BCUT2D eigenvalue weighted by molar-refractivity contribution is 6.31. The second-order valence-electron chi connectivity index (χ2n) is 4.78. The van der Waals surface area contributed by atoms with E-state index in [4.69, 9.17) is 16.3 Å². The molecule has 0 radical (unpaired) electrons. The maximum Gasteiger partial charge on any atom is 0.224 e. The summed E-state index contributed by atoms with van der Waals surface area (Å²) >= 11 is 6.02. The lowest BCUT2D eigenvalue weighted by Crippen LogP contribution is -2.29. The summed E-state index contributed by atoms with van der Waals surface area (Å²) in [5.41, 5.74) is 2.02. The minimum Gasteiger partial charge on any atom is -0.492 e. The van der Waals surface area contributed by atoms with Crippen LogP contribution in [0, 0.1) is 6.92 Å². The molecule has 1 amide bonds. The molecule has 0 saturated carbocycles. The maximum atomic E-state index is 11.8. The lowest BCUT2D eigenvalue weighted by Gasteiger charge is -2.08. The normalized spacial score (nSPS) is 10.2. The molecule has 21 heavy (non-hydrogen) atoms. The molecule has 0 unspecified atom stereocenters. The number of hydrogen-bond donors (Lipinski definition) is 1. The third-order valence-electron chi connectivity index (χ3n) is 3.02. The van der Waals surface area contributed by atoms with Crippen LogP contribution in [0.4, 0.5) is 0 Å². The Balaban J connectivity index is 1.70. The molecule has 0 saturated heterocycles. The molecule has 2 aromatic rings. The van der Waals surface area contributed by atoms with Gasteiger partial charge in [0, 0.05) is 5.02 Å². The van der Waals surface area contributed by atoms with Gasteiger partial charge in [0.25, 0.3) is 0 Å². The molecule has 0 aromatic heterocycles. The SMILES string of the molecule is Cc1ccc(OCCNC(=O)Cc2ccccc2Cl)cc1. The fraction of sp³-hybridized carbons (Fsp3) is 0.235. The fourth-order valence-corrected chi connectivity index (χ4v) is 2.07. The van der Waals surface area contributed by atoms with Crippen molar-refractivity contribution in [2.75, 3.05) is 13.2 Å². The molecule has 4 heteroatoms. The maximum absolute atomic E-state index is 11.8. The van der Waals surface area contributed by atoms with E-state index in [0.29, 0.717) is 18.2 Å². The van der Waals surface area contributed by atoms with Gasteiger partial charge in [-0.15, -0.1) is 0 Å². The van der Waals surface area contributed by atoms with Crippen LogP contribution in [0.25, 0.3) is 0 Å². The Bertz CT molecular complexity index is 596. The Morgan fingerprint density at radius 3 is 2.57 bits per heavy atom. The van der Waals surface area contributed by atoms with Crippen molar-refractivity contribution >= 4 is 17.5 Å². The Kier molecular flexibility index (Phi) is 5.64. The van der Waals surface area contributed by atoms with E-state index in [-0.39, 0.29) is 12.3 Å². The number of carbonyl (C=O) groups is 1. The minimum atomic E-state index is -0.0596. The topological polar surface area (TPSA) is 38.3 Å². The van der Waals surface area contributed by atoms with Crippen molar-refractivity contribution in [3.8, 4) is 5.75 Å². The first kappa shape index (κ1) is 15.4. The summed E-state index contributed by atoms with van der Waals surface area (Å²) < 4.78 is 5.54. The lowest BCUT2D eigenvalue weighted by molar-refractivity contribution is -0.120. The largest absolute Gasteiger partial charge is 0.492 e. The molecule has 0 heterocycles. The van der Waals surface area contributed by atoms with Gasteiger partial charge in [-0.2, -0.15) is 0 Å². The summed E-state index contributed by atoms with van der Waals surface area (Å²) in [6.07, 6.45) is 0.282. The van der Waals surface area contributed by atoms with Crippen LogP contribution in [-0.2, 0) is 11.2 Å². The molecule has 1 N–H and O–H groups in total. The van der Waals surface area contributed by atoms with Crippen LogP contribution in [0.1, 0.15) is 11.1 Å². The Labute approximate surface area is 129 Å². The molecule has 0 spiro atoms. The second-order valence-corrected chi connectivity index (χ2v) is 5.19. The van der Waals surface area contributed by atoms with Crippen molar-refractivity contribution in [1.82, 2.24) is 5.32 Å². The number of nitrogens with one attached hydrogen (secondary N) is 1. The average molecular weight is 304 g/mol. The van der Waals surface area contributed by atoms with Gasteiger partial charge in [0.2, 0.25) is 5.91 Å². The van der Waals surface area contributed by atoms with Crippen LogP contribution >= 0.6 is 11.6 Å². The molecule has 0 bridgehead atoms. The van der Waals surface area contributed by atoms with Gasteiger partial charge in [0.1, 0.15) is 12.4 Å². The number of halogens is 1. The summed E-state index contributed by atoms with van der Waals surface area (Å²) in [6, 6.07) is 15.2.